The SMILES string of the molecule is OC(COCCN1CCN(C(c2ccccc2)c2ccccc2)CC1)c1ccc2sc(-c3ccccc3)cc2c1. The van der Waals surface area contributed by atoms with Crippen LogP contribution in [0.15, 0.2) is 115 Å². The first-order valence-electron chi connectivity index (χ1n) is 14.2. The fourth-order valence-electron chi connectivity index (χ4n) is 5.63. The lowest BCUT2D eigenvalue weighted by Crippen LogP contribution is -2.48. The lowest BCUT2D eigenvalue weighted by molar-refractivity contribution is 0.0183. The van der Waals surface area contributed by atoms with Gasteiger partial charge >= 0.3 is 0 Å². The van der Waals surface area contributed by atoms with E-state index in [1.54, 1.807) is 11.3 Å². The van der Waals surface area contributed by atoms with Gasteiger partial charge in [0, 0.05) is 42.3 Å². The van der Waals surface area contributed by atoms with Crippen LogP contribution in [0.25, 0.3) is 20.5 Å². The minimum Gasteiger partial charge on any atom is -0.386 e. The summed E-state index contributed by atoms with van der Waals surface area (Å²) < 4.78 is 7.18. The molecular weight excluding hydrogens is 512 g/mol. The third-order valence-corrected chi connectivity index (χ3v) is 8.98. The van der Waals surface area contributed by atoms with E-state index < -0.39 is 6.10 Å². The van der Waals surface area contributed by atoms with Gasteiger partial charge in [0.2, 0.25) is 0 Å². The van der Waals surface area contributed by atoms with Crippen LogP contribution in [0.3, 0.4) is 0 Å². The second-order valence-electron chi connectivity index (χ2n) is 10.5. The Morgan fingerprint density at radius 2 is 1.32 bits per heavy atom. The van der Waals surface area contributed by atoms with Crippen molar-refractivity contribution in [2.75, 3.05) is 45.9 Å². The van der Waals surface area contributed by atoms with E-state index in [2.05, 4.69) is 113 Å². The van der Waals surface area contributed by atoms with Gasteiger partial charge in [-0.2, -0.15) is 0 Å². The van der Waals surface area contributed by atoms with Gasteiger partial charge < -0.3 is 9.84 Å². The molecule has 2 heterocycles. The lowest BCUT2D eigenvalue weighted by Gasteiger charge is -2.39. The van der Waals surface area contributed by atoms with E-state index >= 15 is 0 Å². The molecular formula is C35H36N2O2S. The predicted octanol–water partition coefficient (Wildman–Crippen LogP) is 7.03. The summed E-state index contributed by atoms with van der Waals surface area (Å²) in [6.07, 6.45) is -0.626. The smallest absolute Gasteiger partial charge is 0.102 e. The second kappa shape index (κ2) is 12.9. The molecule has 1 atom stereocenters. The van der Waals surface area contributed by atoms with E-state index in [1.165, 1.54) is 31.7 Å². The largest absolute Gasteiger partial charge is 0.386 e. The molecule has 1 saturated heterocycles. The average molecular weight is 549 g/mol. The van der Waals surface area contributed by atoms with Crippen LogP contribution < -0.4 is 0 Å². The molecule has 1 aliphatic heterocycles. The normalized spacial score (nSPS) is 15.6. The van der Waals surface area contributed by atoms with E-state index in [0.717, 1.165) is 38.3 Å². The van der Waals surface area contributed by atoms with Gasteiger partial charge in [0.15, 0.2) is 0 Å². The summed E-state index contributed by atoms with van der Waals surface area (Å²) in [6.45, 7) is 5.88. The highest BCUT2D eigenvalue weighted by atomic mass is 32.1. The van der Waals surface area contributed by atoms with Gasteiger partial charge in [-0.25, -0.2) is 0 Å². The number of aliphatic hydroxyl groups is 1. The van der Waals surface area contributed by atoms with Crippen LogP contribution in [0.1, 0.15) is 28.8 Å². The number of fused-ring (bicyclic) bond motifs is 1. The van der Waals surface area contributed by atoms with E-state index in [9.17, 15) is 5.11 Å². The number of thiophene rings is 1. The molecule has 0 aliphatic carbocycles. The van der Waals surface area contributed by atoms with Gasteiger partial charge in [0.05, 0.1) is 19.3 Å². The van der Waals surface area contributed by atoms with Crippen LogP contribution in [-0.4, -0.2) is 60.8 Å². The predicted molar refractivity (Wildman–Crippen MR) is 166 cm³/mol. The molecule has 204 valence electrons. The summed E-state index contributed by atoms with van der Waals surface area (Å²) >= 11 is 1.79. The zero-order valence-electron chi connectivity index (χ0n) is 22.7. The number of nitrogens with zero attached hydrogens (tertiary/aromatic N) is 2. The van der Waals surface area contributed by atoms with Gasteiger partial charge in [0.25, 0.3) is 0 Å². The zero-order valence-corrected chi connectivity index (χ0v) is 23.5. The highest BCUT2D eigenvalue weighted by molar-refractivity contribution is 7.22. The molecule has 0 bridgehead atoms. The molecule has 1 aromatic heterocycles. The minimum atomic E-state index is -0.626. The van der Waals surface area contributed by atoms with Crippen molar-refractivity contribution in [1.29, 1.82) is 0 Å². The fraction of sp³-hybridized carbons (Fsp3) is 0.257. The Kier molecular flexibility index (Phi) is 8.67. The van der Waals surface area contributed by atoms with Crippen molar-refractivity contribution in [3.63, 3.8) is 0 Å². The van der Waals surface area contributed by atoms with E-state index in [0.29, 0.717) is 13.2 Å². The van der Waals surface area contributed by atoms with Crippen molar-refractivity contribution in [1.82, 2.24) is 9.80 Å². The van der Waals surface area contributed by atoms with Gasteiger partial charge in [-0.05, 0) is 45.8 Å². The average Bonchev–Trinajstić information content (AvgIpc) is 3.45. The molecule has 5 aromatic rings. The quantitative estimate of drug-likeness (QED) is 0.190. The Morgan fingerprint density at radius 1 is 0.700 bits per heavy atom. The zero-order chi connectivity index (χ0) is 27.1. The Morgan fingerprint density at radius 3 is 1.98 bits per heavy atom. The summed E-state index contributed by atoms with van der Waals surface area (Å²) in [4.78, 5) is 6.31. The first-order chi connectivity index (χ1) is 19.7. The molecule has 1 N–H and O–H groups in total. The van der Waals surface area contributed by atoms with Gasteiger partial charge in [0.1, 0.15) is 6.10 Å². The lowest BCUT2D eigenvalue weighted by atomic mass is 9.96. The monoisotopic (exact) mass is 548 g/mol. The summed E-state index contributed by atoms with van der Waals surface area (Å²) in [6, 6.07) is 40.8. The second-order valence-corrected chi connectivity index (χ2v) is 11.5. The van der Waals surface area contributed by atoms with Crippen molar-refractivity contribution in [2.24, 2.45) is 0 Å². The number of aliphatic hydroxyl groups excluding tert-OH is 1. The van der Waals surface area contributed by atoms with Crippen LogP contribution in [-0.2, 0) is 4.74 Å². The van der Waals surface area contributed by atoms with Crippen molar-refractivity contribution in [2.45, 2.75) is 12.1 Å². The molecule has 0 amide bonds. The summed E-state index contributed by atoms with van der Waals surface area (Å²) in [5.74, 6) is 0. The number of benzene rings is 4. The minimum absolute atomic E-state index is 0.278. The number of piperazine rings is 1. The standard InChI is InChI=1S/C35H36N2O2S/c38-32(30-16-17-33-31(24-30)25-34(40-33)27-10-4-1-5-11-27)26-39-23-22-36-18-20-37(21-19-36)35(28-12-6-2-7-13-28)29-14-8-3-9-15-29/h1-17,24-25,32,35,38H,18-23,26H2. The molecule has 4 aromatic carbocycles. The summed E-state index contributed by atoms with van der Waals surface area (Å²) in [5, 5.41) is 12.0. The van der Waals surface area contributed by atoms with Crippen molar-refractivity contribution < 1.29 is 9.84 Å². The summed E-state index contributed by atoms with van der Waals surface area (Å²) in [7, 11) is 0. The van der Waals surface area contributed by atoms with E-state index in [1.807, 2.05) is 12.1 Å². The maximum Gasteiger partial charge on any atom is 0.102 e. The number of hydrogen-bond acceptors (Lipinski definition) is 5. The van der Waals surface area contributed by atoms with Gasteiger partial charge in [-0.15, -0.1) is 11.3 Å². The molecule has 5 heteroatoms. The van der Waals surface area contributed by atoms with E-state index in [4.69, 9.17) is 4.74 Å². The van der Waals surface area contributed by atoms with Crippen LogP contribution >= 0.6 is 11.3 Å². The third-order valence-electron chi connectivity index (χ3n) is 7.81. The number of ether oxygens (including phenoxy) is 1. The maximum atomic E-state index is 10.8. The molecule has 1 fully saturated rings. The summed E-state index contributed by atoms with van der Waals surface area (Å²) in [5.41, 5.74) is 4.82. The maximum absolute atomic E-state index is 10.8. The van der Waals surface area contributed by atoms with Crippen molar-refractivity contribution in [3.05, 3.63) is 132 Å². The first-order valence-corrected chi connectivity index (χ1v) is 15.0. The van der Waals surface area contributed by atoms with Crippen LogP contribution in [0.4, 0.5) is 0 Å². The molecule has 0 saturated carbocycles. The van der Waals surface area contributed by atoms with E-state index in [-0.39, 0.29) is 6.04 Å². The van der Waals surface area contributed by atoms with Gasteiger partial charge in [-0.1, -0.05) is 97.1 Å². The Balaban J connectivity index is 0.988. The number of hydrogen-bond donors (Lipinski definition) is 1. The topological polar surface area (TPSA) is 35.9 Å². The molecule has 4 nitrogen and oxygen atoms in total. The fourth-order valence-corrected chi connectivity index (χ4v) is 6.68. The molecule has 0 radical (unpaired) electrons. The Hall–Kier alpha value is -3.32. The van der Waals surface area contributed by atoms with Gasteiger partial charge in [-0.3, -0.25) is 9.80 Å². The van der Waals surface area contributed by atoms with Crippen molar-refractivity contribution in [3.8, 4) is 10.4 Å². The van der Waals surface area contributed by atoms with Crippen LogP contribution in [0.5, 0.6) is 0 Å². The first kappa shape index (κ1) is 26.9. The third kappa shape index (κ3) is 6.35. The molecule has 6 rings (SSSR count). The van der Waals surface area contributed by atoms with Crippen LogP contribution in [0.2, 0.25) is 0 Å². The molecule has 1 unspecified atom stereocenters. The highest BCUT2D eigenvalue weighted by Crippen LogP contribution is 2.35. The van der Waals surface area contributed by atoms with Crippen LogP contribution in [0, 0.1) is 0 Å². The molecule has 0 spiro atoms. The molecule has 40 heavy (non-hydrogen) atoms. The Labute approximate surface area is 241 Å². The van der Waals surface area contributed by atoms with Crippen molar-refractivity contribution >= 4 is 21.4 Å². The Bertz CT molecular complexity index is 1440. The number of rotatable bonds is 10. The molecule has 1 aliphatic rings. The highest BCUT2D eigenvalue weighted by Gasteiger charge is 2.26.